The number of likely N-dealkylation sites (tertiary alicyclic amines) is 1. The highest BCUT2D eigenvalue weighted by Gasteiger charge is 2.55. The molecule has 4 aliphatic rings. The number of carbonyl (C=O) groups is 3. The average Bonchev–Trinajstić information content (AvgIpc) is 3.48. The molecule has 4 aliphatic heterocycles. The van der Waals surface area contributed by atoms with Crippen LogP contribution in [0.3, 0.4) is 0 Å². The number of hydrogen-bond donors (Lipinski definition) is 0. The van der Waals surface area contributed by atoms with Crippen molar-refractivity contribution in [3.8, 4) is 0 Å². The van der Waals surface area contributed by atoms with Gasteiger partial charge in [0.1, 0.15) is 12.2 Å². The molecule has 0 radical (unpaired) electrons. The van der Waals surface area contributed by atoms with E-state index in [9.17, 15) is 18.9 Å². The highest BCUT2D eigenvalue weighted by Crippen LogP contribution is 2.48. The van der Waals surface area contributed by atoms with Crippen molar-refractivity contribution >= 4 is 25.3 Å². The number of nitrogens with zero attached hydrogens (tertiary/aromatic N) is 4. The maximum Gasteiger partial charge on any atom is 0.340 e. The van der Waals surface area contributed by atoms with Crippen molar-refractivity contribution in [2.75, 3.05) is 58.8 Å². The summed E-state index contributed by atoms with van der Waals surface area (Å²) in [7, 11) is -3.76. The van der Waals surface area contributed by atoms with Crippen LogP contribution in [-0.4, -0.2) is 127 Å². The molecular formula is C34H61N4O9P. The minimum absolute atomic E-state index is 0.0626. The maximum atomic E-state index is 14.4. The molecular weight excluding hydrogens is 639 g/mol. The average molecular weight is 701 g/mol. The second-order valence-corrected chi connectivity index (χ2v) is 17.2. The van der Waals surface area contributed by atoms with Crippen LogP contribution in [-0.2, 0) is 42.3 Å². The highest BCUT2D eigenvalue weighted by atomic mass is 31.2. The number of carbonyl (C=O) groups excluding carboxylic acids is 3. The Kier molecular flexibility index (Phi) is 14.3. The minimum Gasteiger partial charge on any atom is -0.353 e. The van der Waals surface area contributed by atoms with E-state index in [4.69, 9.17) is 23.4 Å². The quantitative estimate of drug-likeness (QED) is 0.166. The van der Waals surface area contributed by atoms with Gasteiger partial charge in [0.05, 0.1) is 19.8 Å². The Morgan fingerprint density at radius 3 is 2.38 bits per heavy atom. The number of hydrogen-bond acceptors (Lipinski definition) is 10. The van der Waals surface area contributed by atoms with Gasteiger partial charge in [-0.2, -0.15) is 5.06 Å². The second-order valence-electron chi connectivity index (χ2n) is 15.2. The van der Waals surface area contributed by atoms with E-state index >= 15 is 0 Å². The minimum atomic E-state index is -3.76. The molecule has 0 bridgehead atoms. The lowest BCUT2D eigenvalue weighted by Gasteiger charge is -2.55. The number of fused-ring (bicyclic) bond motifs is 1. The van der Waals surface area contributed by atoms with Crippen LogP contribution in [0.4, 0.5) is 0 Å². The van der Waals surface area contributed by atoms with Crippen LogP contribution in [0, 0.1) is 11.3 Å². The zero-order chi connectivity index (χ0) is 35.1. The monoisotopic (exact) mass is 700 g/mol. The Morgan fingerprint density at radius 2 is 1.75 bits per heavy atom. The zero-order valence-electron chi connectivity index (χ0n) is 30.4. The first-order valence-corrected chi connectivity index (χ1v) is 19.9. The first kappa shape index (κ1) is 39.2. The summed E-state index contributed by atoms with van der Waals surface area (Å²) >= 11 is 0. The van der Waals surface area contributed by atoms with Gasteiger partial charge in [0.2, 0.25) is 5.91 Å². The first-order chi connectivity index (χ1) is 22.7. The molecule has 13 nitrogen and oxygen atoms in total. The molecule has 5 atom stereocenters. The van der Waals surface area contributed by atoms with Gasteiger partial charge in [-0.1, -0.05) is 34.6 Å². The van der Waals surface area contributed by atoms with Gasteiger partial charge in [0.25, 0.3) is 11.8 Å². The second kappa shape index (κ2) is 17.6. The predicted octanol–water partition coefficient (Wildman–Crippen LogP) is 4.64. The molecule has 0 N–H and O–H groups in total. The fourth-order valence-electron chi connectivity index (χ4n) is 7.19. The summed E-state index contributed by atoms with van der Waals surface area (Å²) in [5.41, 5.74) is -0.277. The number of rotatable bonds is 16. The number of amides is 3. The fourth-order valence-corrected chi connectivity index (χ4v) is 8.71. The predicted molar refractivity (Wildman–Crippen MR) is 181 cm³/mol. The van der Waals surface area contributed by atoms with Crippen LogP contribution in [0.15, 0.2) is 0 Å². The van der Waals surface area contributed by atoms with Crippen LogP contribution >= 0.6 is 7.60 Å². The summed E-state index contributed by atoms with van der Waals surface area (Å²) in [6.07, 6.45) is 4.34. The third-order valence-electron chi connectivity index (χ3n) is 9.34. The molecule has 0 aliphatic carbocycles. The molecule has 0 spiro atoms. The van der Waals surface area contributed by atoms with Gasteiger partial charge in [-0.25, -0.2) is 0 Å². The fraction of sp³-hybridized carbons (Fsp3) is 0.912. The third-order valence-corrected chi connectivity index (χ3v) is 11.3. The van der Waals surface area contributed by atoms with E-state index in [1.165, 1.54) is 5.06 Å². The van der Waals surface area contributed by atoms with Crippen LogP contribution in [0.2, 0.25) is 0 Å². The van der Waals surface area contributed by atoms with Gasteiger partial charge in [-0.3, -0.25) is 23.8 Å². The van der Waals surface area contributed by atoms with E-state index < -0.39 is 38.0 Å². The molecule has 0 aromatic carbocycles. The van der Waals surface area contributed by atoms with Crippen LogP contribution in [0.1, 0.15) is 99.8 Å². The molecule has 14 heteroatoms. The van der Waals surface area contributed by atoms with Gasteiger partial charge in [0, 0.05) is 32.3 Å². The summed E-state index contributed by atoms with van der Waals surface area (Å²) in [4.78, 5) is 54.5. The van der Waals surface area contributed by atoms with Crippen molar-refractivity contribution in [1.29, 1.82) is 0 Å². The normalized spacial score (nSPS) is 27.7. The van der Waals surface area contributed by atoms with Crippen molar-refractivity contribution in [1.82, 2.24) is 19.8 Å². The van der Waals surface area contributed by atoms with Crippen molar-refractivity contribution < 1.29 is 42.3 Å². The molecule has 4 saturated heterocycles. The van der Waals surface area contributed by atoms with E-state index in [1.54, 1.807) is 18.7 Å². The van der Waals surface area contributed by atoms with Crippen molar-refractivity contribution in [2.45, 2.75) is 130 Å². The summed E-state index contributed by atoms with van der Waals surface area (Å²) in [5.74, 6) is -0.866. The molecule has 0 aromatic rings. The molecule has 4 rings (SSSR count). The number of hydroxylamine groups is 2. The number of unbranched alkanes of at least 4 members (excludes halogenated alkanes) is 1. The summed E-state index contributed by atoms with van der Waals surface area (Å²) in [6, 6.07) is -0.823. The lowest BCUT2D eigenvalue weighted by molar-refractivity contribution is -0.277. The smallest absolute Gasteiger partial charge is 0.340 e. The molecule has 4 fully saturated rings. The van der Waals surface area contributed by atoms with Gasteiger partial charge in [-0.05, 0) is 83.1 Å². The molecule has 1 unspecified atom stereocenters. The number of piperazine rings is 1. The first-order valence-electron chi connectivity index (χ1n) is 18.2. The summed E-state index contributed by atoms with van der Waals surface area (Å²) < 4.78 is 35.9. The topological polar surface area (TPSA) is 127 Å². The molecule has 3 amide bonds. The SMILES string of the molecule is CCOP(=O)(CC(=O)N1O[C@@H](CC(C)C)C(=O)N2[C@@H](CC(C)(C)C)C(=O)N([C@@H]3CCN(CCCCOC4CCCCO4)C3)C[C@@H]12)OCC. The molecule has 0 saturated carbocycles. The van der Waals surface area contributed by atoms with E-state index in [2.05, 4.69) is 25.7 Å². The van der Waals surface area contributed by atoms with E-state index in [0.29, 0.717) is 19.4 Å². The lowest BCUT2D eigenvalue weighted by Crippen LogP contribution is -2.75. The van der Waals surface area contributed by atoms with Gasteiger partial charge in [0.15, 0.2) is 18.6 Å². The molecule has 0 aromatic heterocycles. The highest BCUT2D eigenvalue weighted by molar-refractivity contribution is 7.54. The molecule has 276 valence electrons. The van der Waals surface area contributed by atoms with E-state index in [1.807, 2.05) is 18.7 Å². The Labute approximate surface area is 287 Å². The van der Waals surface area contributed by atoms with Crippen LogP contribution in [0.5, 0.6) is 0 Å². The van der Waals surface area contributed by atoms with Gasteiger partial charge in [-0.15, -0.1) is 0 Å². The Morgan fingerprint density at radius 1 is 1.02 bits per heavy atom. The Hall–Kier alpha value is -1.60. The molecule has 4 heterocycles. The summed E-state index contributed by atoms with van der Waals surface area (Å²) in [6.45, 7) is 17.8. The largest absolute Gasteiger partial charge is 0.353 e. The van der Waals surface area contributed by atoms with E-state index in [-0.39, 0.29) is 55.2 Å². The Bertz CT molecular complexity index is 1120. The van der Waals surface area contributed by atoms with Crippen molar-refractivity contribution in [2.24, 2.45) is 11.3 Å². The van der Waals surface area contributed by atoms with Gasteiger partial charge < -0.3 is 33.2 Å². The maximum absolute atomic E-state index is 14.4. The third kappa shape index (κ3) is 10.5. The zero-order valence-corrected chi connectivity index (χ0v) is 31.3. The van der Waals surface area contributed by atoms with Gasteiger partial charge >= 0.3 is 7.60 Å². The van der Waals surface area contributed by atoms with Crippen molar-refractivity contribution in [3.63, 3.8) is 0 Å². The van der Waals surface area contributed by atoms with Crippen LogP contribution in [0.25, 0.3) is 0 Å². The molecule has 48 heavy (non-hydrogen) atoms. The summed E-state index contributed by atoms with van der Waals surface area (Å²) in [5, 5.41) is 1.21. The lowest BCUT2D eigenvalue weighted by atomic mass is 9.85. The standard InChI is InChI=1S/C34H61N4O9P/c1-8-45-48(42,46-9-2)24-30(39)38-29-23-36(26-15-17-35(22-26)16-11-13-19-44-31-14-10-12-18-43-31)32(40)27(21-34(5,6)7)37(29)33(41)28(47-38)20-25(3)4/h25-29,31H,8-24H2,1-7H3/t26-,27+,28+,29-,31?/m1/s1. The van der Waals surface area contributed by atoms with E-state index in [0.717, 1.165) is 64.8 Å². The van der Waals surface area contributed by atoms with Crippen LogP contribution < -0.4 is 0 Å². The Balaban J connectivity index is 1.51. The van der Waals surface area contributed by atoms with Crippen molar-refractivity contribution in [3.05, 3.63) is 0 Å². The number of ether oxygens (including phenoxy) is 2.